The van der Waals surface area contributed by atoms with Crippen LogP contribution in [0.1, 0.15) is 20.8 Å². The van der Waals surface area contributed by atoms with E-state index < -0.39 is 15.3 Å². The molecule has 0 aliphatic carbocycles. The Bertz CT molecular complexity index is 411. The van der Waals surface area contributed by atoms with Crippen LogP contribution in [-0.4, -0.2) is 20.0 Å². The molecule has 1 unspecified atom stereocenters. The molecule has 1 aromatic rings. The van der Waals surface area contributed by atoms with Crippen LogP contribution in [0.3, 0.4) is 0 Å². The predicted molar refractivity (Wildman–Crippen MR) is 60.4 cm³/mol. The Morgan fingerprint density at radius 1 is 1.00 bits per heavy atom. The number of sulfone groups is 1. The Hall–Kier alpha value is -0.910. The molecule has 0 amide bonds. The zero-order valence-electron chi connectivity index (χ0n) is 9.58. The fraction of sp³-hybridized carbons (Fsp3) is 0.455. The summed E-state index contributed by atoms with van der Waals surface area (Å²) in [5.74, 6) is 0. The van der Waals surface area contributed by atoms with Crippen molar-refractivity contribution in [1.82, 2.24) is 0 Å². The first-order chi connectivity index (χ1) is 7.44. The lowest BCUT2D eigenvalue weighted by Gasteiger charge is -2.14. The quantitative estimate of drug-likeness (QED) is 0.588. The third-order valence-corrected chi connectivity index (χ3v) is 3.77. The van der Waals surface area contributed by atoms with E-state index in [1.807, 2.05) is 0 Å². The molecule has 0 aliphatic heterocycles. The first kappa shape index (κ1) is 13.2. The summed E-state index contributed by atoms with van der Waals surface area (Å²) in [5, 5.41) is 0. The highest BCUT2D eigenvalue weighted by Gasteiger charge is 2.25. The molecule has 0 heterocycles. The van der Waals surface area contributed by atoms with Gasteiger partial charge in [0.1, 0.15) is 0 Å². The van der Waals surface area contributed by atoms with Crippen LogP contribution in [0.15, 0.2) is 35.2 Å². The Balaban J connectivity index is 2.79. The Morgan fingerprint density at radius 3 is 2.06 bits per heavy atom. The average molecular weight is 244 g/mol. The Labute approximate surface area is 96.0 Å². The second-order valence-electron chi connectivity index (χ2n) is 3.67. The van der Waals surface area contributed by atoms with Crippen molar-refractivity contribution >= 4 is 9.84 Å². The van der Waals surface area contributed by atoms with Crippen molar-refractivity contribution in [2.24, 2.45) is 0 Å². The van der Waals surface area contributed by atoms with Crippen LogP contribution in [0.4, 0.5) is 0 Å². The van der Waals surface area contributed by atoms with Crippen molar-refractivity contribution in [3.8, 4) is 0 Å². The van der Waals surface area contributed by atoms with Gasteiger partial charge in [0.15, 0.2) is 5.44 Å². The summed E-state index contributed by atoms with van der Waals surface area (Å²) >= 11 is 0. The standard InChI is InChI=1S/C11H16O4S/c1-9(2)14-15-10(3)16(12,13)11-7-5-4-6-8-11/h4-10H,1-3H3. The van der Waals surface area contributed by atoms with E-state index in [1.165, 1.54) is 19.1 Å². The van der Waals surface area contributed by atoms with Gasteiger partial charge in [-0.25, -0.2) is 18.2 Å². The fourth-order valence-corrected chi connectivity index (χ4v) is 2.11. The number of rotatable bonds is 5. The van der Waals surface area contributed by atoms with Crippen LogP contribution in [0.5, 0.6) is 0 Å². The zero-order chi connectivity index (χ0) is 12.2. The Kier molecular flexibility index (Phi) is 4.46. The minimum absolute atomic E-state index is 0.173. The third-order valence-electron chi connectivity index (χ3n) is 1.89. The molecule has 0 aliphatic rings. The lowest BCUT2D eigenvalue weighted by Crippen LogP contribution is -2.23. The van der Waals surface area contributed by atoms with Crippen LogP contribution in [0.2, 0.25) is 0 Å². The van der Waals surface area contributed by atoms with E-state index in [-0.39, 0.29) is 11.0 Å². The lowest BCUT2D eigenvalue weighted by molar-refractivity contribution is -0.324. The zero-order valence-corrected chi connectivity index (χ0v) is 10.4. The number of benzene rings is 1. The minimum Gasteiger partial charge on any atom is -0.233 e. The van der Waals surface area contributed by atoms with E-state index >= 15 is 0 Å². The maximum Gasteiger partial charge on any atom is 0.208 e. The SMILES string of the molecule is CC(C)OOC(C)S(=O)(=O)c1ccccc1. The van der Waals surface area contributed by atoms with E-state index in [4.69, 9.17) is 9.78 Å². The monoisotopic (exact) mass is 244 g/mol. The molecule has 90 valence electrons. The van der Waals surface area contributed by atoms with E-state index in [0.717, 1.165) is 0 Å². The van der Waals surface area contributed by atoms with Crippen LogP contribution < -0.4 is 0 Å². The van der Waals surface area contributed by atoms with Crippen LogP contribution in [0, 0.1) is 0 Å². The van der Waals surface area contributed by atoms with Crippen molar-refractivity contribution in [2.75, 3.05) is 0 Å². The topological polar surface area (TPSA) is 52.6 Å². The van der Waals surface area contributed by atoms with Gasteiger partial charge in [0, 0.05) is 0 Å². The molecule has 0 spiro atoms. The highest BCUT2D eigenvalue weighted by molar-refractivity contribution is 7.91. The van der Waals surface area contributed by atoms with Gasteiger partial charge in [-0.15, -0.1) is 0 Å². The van der Waals surface area contributed by atoms with Crippen molar-refractivity contribution < 1.29 is 18.2 Å². The molecule has 1 atom stereocenters. The van der Waals surface area contributed by atoms with Crippen LogP contribution in [0.25, 0.3) is 0 Å². The molecule has 0 aromatic heterocycles. The molecule has 0 N–H and O–H groups in total. The van der Waals surface area contributed by atoms with Gasteiger partial charge in [-0.2, -0.15) is 0 Å². The van der Waals surface area contributed by atoms with Crippen molar-refractivity contribution in [2.45, 2.75) is 37.2 Å². The smallest absolute Gasteiger partial charge is 0.208 e. The molecular weight excluding hydrogens is 228 g/mol. The predicted octanol–water partition coefficient (Wildman–Crippen LogP) is 2.16. The number of hydrogen-bond acceptors (Lipinski definition) is 4. The summed E-state index contributed by atoms with van der Waals surface area (Å²) in [6.07, 6.45) is -0.173. The Morgan fingerprint density at radius 2 is 1.56 bits per heavy atom. The van der Waals surface area contributed by atoms with Crippen LogP contribution in [-0.2, 0) is 19.6 Å². The first-order valence-electron chi connectivity index (χ1n) is 5.05. The van der Waals surface area contributed by atoms with E-state index in [1.54, 1.807) is 32.0 Å². The van der Waals surface area contributed by atoms with Gasteiger partial charge < -0.3 is 0 Å². The summed E-state index contributed by atoms with van der Waals surface area (Å²) < 4.78 is 23.9. The molecule has 4 nitrogen and oxygen atoms in total. The van der Waals surface area contributed by atoms with Crippen LogP contribution >= 0.6 is 0 Å². The normalized spacial score (nSPS) is 14.0. The van der Waals surface area contributed by atoms with Crippen molar-refractivity contribution in [3.63, 3.8) is 0 Å². The largest absolute Gasteiger partial charge is 0.233 e. The molecule has 1 aromatic carbocycles. The molecule has 0 radical (unpaired) electrons. The van der Waals surface area contributed by atoms with Crippen molar-refractivity contribution in [1.29, 1.82) is 0 Å². The van der Waals surface area contributed by atoms with Gasteiger partial charge in [0.2, 0.25) is 9.84 Å². The van der Waals surface area contributed by atoms with E-state index in [0.29, 0.717) is 0 Å². The summed E-state index contributed by atoms with van der Waals surface area (Å²) in [7, 11) is -3.48. The van der Waals surface area contributed by atoms with Gasteiger partial charge in [-0.1, -0.05) is 18.2 Å². The average Bonchev–Trinajstić information content (AvgIpc) is 2.27. The van der Waals surface area contributed by atoms with Crippen molar-refractivity contribution in [3.05, 3.63) is 30.3 Å². The maximum atomic E-state index is 11.9. The molecule has 5 heteroatoms. The van der Waals surface area contributed by atoms with Gasteiger partial charge in [0.05, 0.1) is 11.0 Å². The molecule has 0 saturated heterocycles. The minimum atomic E-state index is -3.48. The van der Waals surface area contributed by atoms with Gasteiger partial charge in [0.25, 0.3) is 0 Å². The lowest BCUT2D eigenvalue weighted by atomic mass is 10.4. The molecule has 0 bridgehead atoms. The van der Waals surface area contributed by atoms with E-state index in [2.05, 4.69) is 0 Å². The maximum absolute atomic E-state index is 11.9. The third kappa shape index (κ3) is 3.30. The van der Waals surface area contributed by atoms with E-state index in [9.17, 15) is 8.42 Å². The summed E-state index contributed by atoms with van der Waals surface area (Å²) in [6, 6.07) is 8.16. The van der Waals surface area contributed by atoms with Gasteiger partial charge >= 0.3 is 0 Å². The second kappa shape index (κ2) is 5.43. The fourth-order valence-electron chi connectivity index (χ4n) is 1.04. The highest BCUT2D eigenvalue weighted by Crippen LogP contribution is 2.16. The first-order valence-corrected chi connectivity index (χ1v) is 6.60. The molecule has 1 rings (SSSR count). The molecule has 16 heavy (non-hydrogen) atoms. The summed E-state index contributed by atoms with van der Waals surface area (Å²) in [4.78, 5) is 9.90. The summed E-state index contributed by atoms with van der Waals surface area (Å²) in [5.41, 5.74) is -1.02. The van der Waals surface area contributed by atoms with Gasteiger partial charge in [-0.05, 0) is 32.9 Å². The number of hydrogen-bond donors (Lipinski definition) is 0. The molecular formula is C11H16O4S. The second-order valence-corrected chi connectivity index (χ2v) is 5.89. The highest BCUT2D eigenvalue weighted by atomic mass is 32.2. The molecule has 0 saturated carbocycles. The summed E-state index contributed by atoms with van der Waals surface area (Å²) in [6.45, 7) is 4.98. The van der Waals surface area contributed by atoms with Gasteiger partial charge in [-0.3, -0.25) is 0 Å². The molecule has 0 fully saturated rings.